The van der Waals surface area contributed by atoms with E-state index in [2.05, 4.69) is 38.0 Å². The number of fused-ring (bicyclic) bond motifs is 5. The minimum atomic E-state index is -0.155. The summed E-state index contributed by atoms with van der Waals surface area (Å²) in [6.07, 6.45) is 13.4. The molecule has 0 bridgehead atoms. The Balaban J connectivity index is 1.32. The number of carbonyl (C=O) groups is 1. The second kappa shape index (κ2) is 13.7. The molecular formula is C34H63N3O3. The molecule has 0 radical (unpaired) electrons. The lowest BCUT2D eigenvalue weighted by Crippen LogP contribution is -2.59. The molecule has 4 aliphatic rings. The first-order chi connectivity index (χ1) is 19.0. The topological polar surface area (TPSA) is 87.8 Å². The molecule has 40 heavy (non-hydrogen) atoms. The van der Waals surface area contributed by atoms with E-state index in [-0.39, 0.29) is 18.2 Å². The third-order valence-corrected chi connectivity index (χ3v) is 12.5. The van der Waals surface area contributed by atoms with Gasteiger partial charge in [-0.05, 0) is 164 Å². The second-order valence-electron chi connectivity index (χ2n) is 15.3. The number of aliphatic hydroxyl groups is 1. The van der Waals surface area contributed by atoms with Gasteiger partial charge in [-0.1, -0.05) is 20.8 Å². The maximum Gasteiger partial charge on any atom is 0.306 e. The third-order valence-electron chi connectivity index (χ3n) is 12.5. The van der Waals surface area contributed by atoms with Gasteiger partial charge in [-0.3, -0.25) is 4.79 Å². The van der Waals surface area contributed by atoms with E-state index in [0.29, 0.717) is 58.8 Å². The number of hydrogen-bond donors (Lipinski definition) is 3. The highest BCUT2D eigenvalue weighted by Crippen LogP contribution is 2.68. The zero-order valence-electron chi connectivity index (χ0n) is 26.8. The van der Waals surface area contributed by atoms with Crippen LogP contribution in [0.5, 0.6) is 0 Å². The molecule has 4 fully saturated rings. The summed E-state index contributed by atoms with van der Waals surface area (Å²) in [4.78, 5) is 14.6. The molecule has 4 N–H and O–H groups in total. The van der Waals surface area contributed by atoms with Crippen LogP contribution < -0.4 is 11.1 Å². The summed E-state index contributed by atoms with van der Waals surface area (Å²) >= 11 is 0. The summed E-state index contributed by atoms with van der Waals surface area (Å²) in [6, 6.07) is 0.601. The summed E-state index contributed by atoms with van der Waals surface area (Å²) in [5.41, 5.74) is 6.32. The van der Waals surface area contributed by atoms with Crippen LogP contribution >= 0.6 is 0 Å². The monoisotopic (exact) mass is 561 g/mol. The summed E-state index contributed by atoms with van der Waals surface area (Å²) < 4.78 is 5.42. The van der Waals surface area contributed by atoms with Crippen molar-refractivity contribution >= 4 is 5.97 Å². The fourth-order valence-corrected chi connectivity index (χ4v) is 10.4. The van der Waals surface area contributed by atoms with Crippen LogP contribution in [0.3, 0.4) is 0 Å². The Labute approximate surface area is 245 Å². The van der Waals surface area contributed by atoms with E-state index in [1.807, 2.05) is 13.8 Å². The Hall–Kier alpha value is -0.690. The fourth-order valence-electron chi connectivity index (χ4n) is 10.4. The summed E-state index contributed by atoms with van der Waals surface area (Å²) in [7, 11) is 2.20. The van der Waals surface area contributed by atoms with Crippen molar-refractivity contribution < 1.29 is 14.6 Å². The number of aliphatic hydroxyl groups excluding tert-OH is 1. The van der Waals surface area contributed by atoms with Crippen LogP contribution in [0.1, 0.15) is 112 Å². The van der Waals surface area contributed by atoms with E-state index >= 15 is 0 Å². The molecule has 6 heteroatoms. The van der Waals surface area contributed by atoms with E-state index in [4.69, 9.17) is 10.5 Å². The molecule has 6 nitrogen and oxygen atoms in total. The van der Waals surface area contributed by atoms with Crippen molar-refractivity contribution in [1.29, 1.82) is 0 Å². The number of nitrogens with two attached hydrogens (primary N) is 1. The molecule has 0 aliphatic heterocycles. The molecule has 5 unspecified atom stereocenters. The van der Waals surface area contributed by atoms with Gasteiger partial charge in [-0.25, -0.2) is 0 Å². The molecule has 0 amide bonds. The predicted molar refractivity (Wildman–Crippen MR) is 164 cm³/mol. The molecule has 0 aromatic rings. The first-order valence-corrected chi connectivity index (χ1v) is 17.0. The maximum atomic E-state index is 12.2. The number of hydrogen-bond acceptors (Lipinski definition) is 6. The van der Waals surface area contributed by atoms with E-state index in [1.165, 1.54) is 51.4 Å². The van der Waals surface area contributed by atoms with E-state index in [1.54, 1.807) is 0 Å². The van der Waals surface area contributed by atoms with Gasteiger partial charge in [0.15, 0.2) is 0 Å². The Morgan fingerprint density at radius 1 is 1.02 bits per heavy atom. The van der Waals surface area contributed by atoms with E-state index in [0.717, 1.165) is 45.4 Å². The van der Waals surface area contributed by atoms with E-state index < -0.39 is 0 Å². The molecule has 0 spiro atoms. The number of nitrogens with one attached hydrogen (secondary N) is 1. The van der Waals surface area contributed by atoms with Gasteiger partial charge in [0.2, 0.25) is 0 Å². The zero-order valence-corrected chi connectivity index (χ0v) is 26.8. The van der Waals surface area contributed by atoms with Gasteiger partial charge < -0.3 is 25.8 Å². The van der Waals surface area contributed by atoms with E-state index in [9.17, 15) is 9.90 Å². The lowest BCUT2D eigenvalue weighted by molar-refractivity contribution is -0.167. The van der Waals surface area contributed by atoms with Crippen molar-refractivity contribution in [1.82, 2.24) is 10.2 Å². The summed E-state index contributed by atoms with van der Waals surface area (Å²) in [5, 5.41) is 15.6. The average Bonchev–Trinajstić information content (AvgIpc) is 3.26. The van der Waals surface area contributed by atoms with Crippen molar-refractivity contribution in [2.45, 2.75) is 130 Å². The number of rotatable bonds is 13. The molecule has 232 valence electrons. The normalized spacial score (nSPS) is 40.0. The first kappa shape index (κ1) is 32.2. The molecule has 4 saturated carbocycles. The molecular weight excluding hydrogens is 498 g/mol. The standard InChI is InChI=1S/C34H63N3O3/c1-23(2)40-31(39)12-9-24(3)27-10-11-28-32-29(14-16-34(27,28)5)33(4)15-13-26(21-25(33)22-30(32)38)36-18-8-20-37(6)19-7-17-35/h23-30,32,36,38H,7-22,35H2,1-6H3/t24-,25?,26+,27?,28?,29?,30-,32?,33+,34-/m1/s1. The van der Waals surface area contributed by atoms with Crippen LogP contribution in [0.25, 0.3) is 0 Å². The van der Waals surface area contributed by atoms with Crippen molar-refractivity contribution in [3.63, 3.8) is 0 Å². The van der Waals surface area contributed by atoms with Gasteiger partial charge in [0.05, 0.1) is 12.2 Å². The lowest BCUT2D eigenvalue weighted by Gasteiger charge is -2.62. The fraction of sp³-hybridized carbons (Fsp3) is 0.971. The SMILES string of the molecule is CC(C)OC(=O)CC[C@@H](C)C1CCC2C3C(CC[C@@]21C)[C@@]1(C)CC[C@H](NCCCN(C)CCCN)CC1C[C@H]3O. The number of esters is 1. The number of carbonyl (C=O) groups excluding carboxylic acids is 1. The maximum absolute atomic E-state index is 12.2. The Morgan fingerprint density at radius 2 is 1.73 bits per heavy atom. The Bertz CT molecular complexity index is 822. The minimum absolute atomic E-state index is 0.0334. The molecule has 0 aromatic carbocycles. The highest BCUT2D eigenvalue weighted by molar-refractivity contribution is 5.69. The van der Waals surface area contributed by atoms with Gasteiger partial charge in [-0.15, -0.1) is 0 Å². The van der Waals surface area contributed by atoms with Gasteiger partial charge >= 0.3 is 5.97 Å². The quantitative estimate of drug-likeness (QED) is 0.200. The predicted octanol–water partition coefficient (Wildman–Crippen LogP) is 5.61. The van der Waals surface area contributed by atoms with Crippen LogP contribution in [0.15, 0.2) is 0 Å². The van der Waals surface area contributed by atoms with Crippen LogP contribution in [-0.4, -0.2) is 67.5 Å². The summed E-state index contributed by atoms with van der Waals surface area (Å²) in [5.74, 6) is 3.50. The van der Waals surface area contributed by atoms with Gasteiger partial charge in [0.1, 0.15) is 0 Å². The molecule has 0 saturated heterocycles. The van der Waals surface area contributed by atoms with Crippen LogP contribution in [0.4, 0.5) is 0 Å². The Kier molecular flexibility index (Phi) is 11.1. The number of ether oxygens (including phenoxy) is 1. The second-order valence-corrected chi connectivity index (χ2v) is 15.3. The molecule has 0 aromatic heterocycles. The van der Waals surface area contributed by atoms with Gasteiger partial charge in [0, 0.05) is 12.5 Å². The molecule has 10 atom stereocenters. The average molecular weight is 562 g/mol. The van der Waals surface area contributed by atoms with Crippen LogP contribution in [-0.2, 0) is 9.53 Å². The van der Waals surface area contributed by atoms with Gasteiger partial charge in [0.25, 0.3) is 0 Å². The smallest absolute Gasteiger partial charge is 0.306 e. The highest BCUT2D eigenvalue weighted by Gasteiger charge is 2.62. The highest BCUT2D eigenvalue weighted by atomic mass is 16.5. The lowest BCUT2D eigenvalue weighted by atomic mass is 9.43. The minimum Gasteiger partial charge on any atom is -0.463 e. The molecule has 4 rings (SSSR count). The van der Waals surface area contributed by atoms with Crippen molar-refractivity contribution in [2.75, 3.05) is 33.2 Å². The number of nitrogens with zero attached hydrogens (tertiary/aromatic N) is 1. The zero-order chi connectivity index (χ0) is 29.1. The van der Waals surface area contributed by atoms with Crippen molar-refractivity contribution in [2.24, 2.45) is 52.1 Å². The molecule has 4 aliphatic carbocycles. The van der Waals surface area contributed by atoms with Crippen LogP contribution in [0.2, 0.25) is 0 Å². The summed E-state index contributed by atoms with van der Waals surface area (Å²) in [6.45, 7) is 15.5. The van der Waals surface area contributed by atoms with Crippen molar-refractivity contribution in [3.8, 4) is 0 Å². The Morgan fingerprint density at radius 3 is 2.45 bits per heavy atom. The largest absolute Gasteiger partial charge is 0.463 e. The molecule has 0 heterocycles. The van der Waals surface area contributed by atoms with Crippen LogP contribution in [0, 0.1) is 46.3 Å². The van der Waals surface area contributed by atoms with Crippen molar-refractivity contribution in [3.05, 3.63) is 0 Å². The van der Waals surface area contributed by atoms with Gasteiger partial charge in [-0.2, -0.15) is 0 Å². The first-order valence-electron chi connectivity index (χ1n) is 17.0. The third kappa shape index (κ3) is 6.92.